The van der Waals surface area contributed by atoms with Gasteiger partial charge in [0.25, 0.3) is 0 Å². The number of para-hydroxylation sites is 1. The average molecular weight is 264 g/mol. The van der Waals surface area contributed by atoms with E-state index in [9.17, 15) is 4.79 Å². The summed E-state index contributed by atoms with van der Waals surface area (Å²) < 4.78 is 5.27. The number of hydrogen-bond donors (Lipinski definition) is 2. The number of carbonyl (C=O) groups excluding carboxylic acids is 1. The fourth-order valence-electron chi connectivity index (χ4n) is 1.80. The molecule has 0 saturated heterocycles. The number of amides is 1. The summed E-state index contributed by atoms with van der Waals surface area (Å²) in [5, 5.41) is 6.14. The third-order valence-corrected chi connectivity index (χ3v) is 3.27. The van der Waals surface area contributed by atoms with E-state index in [4.69, 9.17) is 4.74 Å². The first kappa shape index (κ1) is 15.7. The Balaban J connectivity index is 2.80. The van der Waals surface area contributed by atoms with Crippen LogP contribution in [0.2, 0.25) is 0 Å². The molecule has 0 aromatic heterocycles. The first-order chi connectivity index (χ1) is 8.89. The van der Waals surface area contributed by atoms with Crippen LogP contribution in [-0.2, 0) is 9.53 Å². The molecule has 1 amide bonds. The topological polar surface area (TPSA) is 50.4 Å². The van der Waals surface area contributed by atoms with Crippen molar-refractivity contribution < 1.29 is 9.53 Å². The van der Waals surface area contributed by atoms with Crippen LogP contribution < -0.4 is 10.6 Å². The summed E-state index contributed by atoms with van der Waals surface area (Å²) in [5.41, 5.74) is 1.48. The van der Waals surface area contributed by atoms with Crippen molar-refractivity contribution in [2.24, 2.45) is 0 Å². The van der Waals surface area contributed by atoms with E-state index in [-0.39, 0.29) is 11.9 Å². The van der Waals surface area contributed by atoms with E-state index in [0.717, 1.165) is 11.3 Å². The number of carbonyl (C=O) groups is 1. The number of nitrogens with one attached hydrogen (secondary N) is 2. The molecule has 1 aromatic rings. The minimum Gasteiger partial charge on any atom is -0.378 e. The van der Waals surface area contributed by atoms with Crippen molar-refractivity contribution in [2.75, 3.05) is 19.5 Å². The Morgan fingerprint density at radius 2 is 2.00 bits per heavy atom. The molecule has 1 aromatic carbocycles. The molecule has 0 spiro atoms. The Morgan fingerprint density at radius 1 is 1.37 bits per heavy atom. The molecule has 2 N–H and O–H groups in total. The maximum Gasteiger partial charge on any atom is 0.227 e. The van der Waals surface area contributed by atoms with E-state index in [1.807, 2.05) is 45.2 Å². The van der Waals surface area contributed by atoms with E-state index in [2.05, 4.69) is 17.6 Å². The van der Waals surface area contributed by atoms with Crippen molar-refractivity contribution in [2.45, 2.75) is 38.8 Å². The summed E-state index contributed by atoms with van der Waals surface area (Å²) in [6, 6.07) is 8.01. The number of hydrogen-bond acceptors (Lipinski definition) is 3. The predicted molar refractivity (Wildman–Crippen MR) is 78.3 cm³/mol. The standard InChI is InChI=1S/C15H24N2O2/c1-11(16-4)12-8-6-7-9-13(12)17-14(18)10-15(2,3)19-5/h6-9,11,16H,10H2,1-5H3,(H,17,18). The van der Waals surface area contributed by atoms with Crippen LogP contribution in [0.25, 0.3) is 0 Å². The Kier molecular flexibility index (Phi) is 5.51. The van der Waals surface area contributed by atoms with Crippen LogP contribution in [0.3, 0.4) is 0 Å². The van der Waals surface area contributed by atoms with Gasteiger partial charge in [-0.2, -0.15) is 0 Å². The lowest BCUT2D eigenvalue weighted by atomic mass is 10.0. The van der Waals surface area contributed by atoms with Crippen LogP contribution in [-0.4, -0.2) is 25.7 Å². The summed E-state index contributed by atoms with van der Waals surface area (Å²) in [6.07, 6.45) is 0.325. The SMILES string of the molecule is CNC(C)c1ccccc1NC(=O)CC(C)(C)OC. The van der Waals surface area contributed by atoms with Crippen LogP contribution in [0.15, 0.2) is 24.3 Å². The molecule has 0 bridgehead atoms. The molecular weight excluding hydrogens is 240 g/mol. The highest BCUT2D eigenvalue weighted by atomic mass is 16.5. The molecule has 1 atom stereocenters. The summed E-state index contributed by atoms with van der Waals surface area (Å²) in [6.45, 7) is 5.85. The number of benzene rings is 1. The zero-order valence-corrected chi connectivity index (χ0v) is 12.4. The van der Waals surface area contributed by atoms with Crippen molar-refractivity contribution >= 4 is 11.6 Å². The normalized spacial score (nSPS) is 13.1. The molecule has 0 aliphatic carbocycles. The molecule has 0 saturated carbocycles. The molecule has 1 rings (SSSR count). The minimum absolute atomic E-state index is 0.0393. The maximum atomic E-state index is 12.0. The van der Waals surface area contributed by atoms with E-state index >= 15 is 0 Å². The van der Waals surface area contributed by atoms with Gasteiger partial charge < -0.3 is 15.4 Å². The fourth-order valence-corrected chi connectivity index (χ4v) is 1.80. The second-order valence-corrected chi connectivity index (χ2v) is 5.29. The van der Waals surface area contributed by atoms with Gasteiger partial charge in [-0.1, -0.05) is 18.2 Å². The first-order valence-corrected chi connectivity index (χ1v) is 6.51. The molecule has 4 nitrogen and oxygen atoms in total. The van der Waals surface area contributed by atoms with Gasteiger partial charge in [0, 0.05) is 18.8 Å². The van der Waals surface area contributed by atoms with Gasteiger partial charge >= 0.3 is 0 Å². The zero-order valence-electron chi connectivity index (χ0n) is 12.4. The van der Waals surface area contributed by atoms with Gasteiger partial charge in [0.15, 0.2) is 0 Å². The Bertz CT molecular complexity index is 430. The van der Waals surface area contributed by atoms with Crippen LogP contribution in [0.4, 0.5) is 5.69 Å². The lowest BCUT2D eigenvalue weighted by Crippen LogP contribution is -2.30. The van der Waals surface area contributed by atoms with Gasteiger partial charge in [-0.25, -0.2) is 0 Å². The molecule has 0 aliphatic rings. The molecule has 0 radical (unpaired) electrons. The highest BCUT2D eigenvalue weighted by Crippen LogP contribution is 2.23. The fraction of sp³-hybridized carbons (Fsp3) is 0.533. The van der Waals surface area contributed by atoms with Crippen LogP contribution in [0.1, 0.15) is 38.8 Å². The van der Waals surface area contributed by atoms with Crippen molar-refractivity contribution in [1.82, 2.24) is 5.32 Å². The lowest BCUT2D eigenvalue weighted by molar-refractivity contribution is -0.121. The molecule has 19 heavy (non-hydrogen) atoms. The number of rotatable bonds is 6. The Hall–Kier alpha value is -1.39. The second kappa shape index (κ2) is 6.68. The second-order valence-electron chi connectivity index (χ2n) is 5.29. The summed E-state index contributed by atoms with van der Waals surface area (Å²) in [7, 11) is 3.52. The minimum atomic E-state index is -0.451. The maximum absolute atomic E-state index is 12.0. The van der Waals surface area contributed by atoms with Crippen LogP contribution >= 0.6 is 0 Å². The third-order valence-electron chi connectivity index (χ3n) is 3.27. The molecule has 1 unspecified atom stereocenters. The van der Waals surface area contributed by atoms with Crippen molar-refractivity contribution in [3.63, 3.8) is 0 Å². The first-order valence-electron chi connectivity index (χ1n) is 6.51. The predicted octanol–water partition coefficient (Wildman–Crippen LogP) is 2.72. The molecule has 0 heterocycles. The summed E-state index contributed by atoms with van der Waals surface area (Å²) in [5.74, 6) is -0.0393. The lowest BCUT2D eigenvalue weighted by Gasteiger charge is -2.23. The van der Waals surface area contributed by atoms with Crippen LogP contribution in [0, 0.1) is 0 Å². The van der Waals surface area contributed by atoms with Gasteiger partial charge in [0.05, 0.1) is 12.0 Å². The molecule has 0 fully saturated rings. The van der Waals surface area contributed by atoms with Gasteiger partial charge in [0.2, 0.25) is 5.91 Å². The molecule has 0 aliphatic heterocycles. The highest BCUT2D eigenvalue weighted by molar-refractivity contribution is 5.92. The summed E-state index contributed by atoms with van der Waals surface area (Å²) in [4.78, 5) is 12.0. The largest absolute Gasteiger partial charge is 0.378 e. The van der Waals surface area contributed by atoms with E-state index in [1.165, 1.54) is 0 Å². The quantitative estimate of drug-likeness (QED) is 0.830. The molecule has 106 valence electrons. The van der Waals surface area contributed by atoms with Gasteiger partial charge in [-0.15, -0.1) is 0 Å². The Morgan fingerprint density at radius 3 is 2.58 bits per heavy atom. The monoisotopic (exact) mass is 264 g/mol. The van der Waals surface area contributed by atoms with Gasteiger partial charge in [-0.05, 0) is 39.4 Å². The van der Waals surface area contributed by atoms with Crippen molar-refractivity contribution in [3.05, 3.63) is 29.8 Å². The highest BCUT2D eigenvalue weighted by Gasteiger charge is 2.21. The third kappa shape index (κ3) is 4.65. The van der Waals surface area contributed by atoms with E-state index in [0.29, 0.717) is 6.42 Å². The smallest absolute Gasteiger partial charge is 0.227 e. The average Bonchev–Trinajstić information content (AvgIpc) is 2.37. The number of anilines is 1. The van der Waals surface area contributed by atoms with E-state index in [1.54, 1.807) is 7.11 Å². The van der Waals surface area contributed by atoms with Crippen molar-refractivity contribution in [1.29, 1.82) is 0 Å². The molecule has 4 heteroatoms. The van der Waals surface area contributed by atoms with Crippen molar-refractivity contribution in [3.8, 4) is 0 Å². The zero-order chi connectivity index (χ0) is 14.5. The summed E-state index contributed by atoms with van der Waals surface area (Å²) >= 11 is 0. The molecular formula is C15H24N2O2. The van der Waals surface area contributed by atoms with Gasteiger partial charge in [0.1, 0.15) is 0 Å². The van der Waals surface area contributed by atoms with Crippen LogP contribution in [0.5, 0.6) is 0 Å². The Labute approximate surface area is 115 Å². The number of ether oxygens (including phenoxy) is 1. The van der Waals surface area contributed by atoms with E-state index < -0.39 is 5.60 Å². The number of methoxy groups -OCH3 is 1. The van der Waals surface area contributed by atoms with Gasteiger partial charge in [-0.3, -0.25) is 4.79 Å².